The van der Waals surface area contributed by atoms with Crippen LogP contribution in [0.15, 0.2) is 0 Å². The van der Waals surface area contributed by atoms with Crippen LogP contribution in [-0.4, -0.2) is 22.0 Å². The van der Waals surface area contributed by atoms with Gasteiger partial charge in [-0.3, -0.25) is 0 Å². The van der Waals surface area contributed by atoms with Gasteiger partial charge in [0.05, 0.1) is 0 Å². The molecule has 0 spiro atoms. The van der Waals surface area contributed by atoms with Gasteiger partial charge in [0.15, 0.2) is 0 Å². The van der Waals surface area contributed by atoms with Crippen LogP contribution in [0.5, 0.6) is 0 Å². The highest BCUT2D eigenvalue weighted by molar-refractivity contribution is 5.36. The zero-order valence-corrected chi connectivity index (χ0v) is 8.20. The molecule has 0 fully saturated rings. The van der Waals surface area contributed by atoms with Crippen molar-refractivity contribution >= 4 is 17.8 Å². The molecule has 0 aromatic carbocycles. The van der Waals surface area contributed by atoms with Crippen molar-refractivity contribution in [3.63, 3.8) is 0 Å². The van der Waals surface area contributed by atoms with Crippen LogP contribution in [0.4, 0.5) is 17.8 Å². The fourth-order valence-corrected chi connectivity index (χ4v) is 0.521. The standard InChI is InChI=1S/C4H8N6.C3H8/c1-7-4-9-2(5)8-3(6)10-4;1-3-2/h1H3,(H5,5,6,7,8,9,10);3H2,1-2H3. The third-order valence-corrected chi connectivity index (χ3v) is 0.894. The fraction of sp³-hybridized carbons (Fsp3) is 0.571. The topological polar surface area (TPSA) is 103 Å². The first-order valence-corrected chi connectivity index (χ1v) is 4.08. The molecule has 5 N–H and O–H groups in total. The van der Waals surface area contributed by atoms with Crippen molar-refractivity contribution in [3.8, 4) is 0 Å². The van der Waals surface area contributed by atoms with Gasteiger partial charge in [0.2, 0.25) is 17.8 Å². The molecule has 0 radical (unpaired) electrons. The first kappa shape index (κ1) is 11.4. The Morgan fingerprint density at radius 2 is 1.46 bits per heavy atom. The first-order chi connectivity index (χ1) is 6.13. The Kier molecular flexibility index (Phi) is 5.25. The molecule has 1 rings (SSSR count). The Morgan fingerprint density at radius 3 is 1.77 bits per heavy atom. The molecule has 13 heavy (non-hydrogen) atoms. The number of aromatic nitrogens is 3. The summed E-state index contributed by atoms with van der Waals surface area (Å²) in [4.78, 5) is 11.0. The van der Waals surface area contributed by atoms with Gasteiger partial charge in [0.25, 0.3) is 0 Å². The van der Waals surface area contributed by atoms with E-state index in [9.17, 15) is 0 Å². The van der Waals surface area contributed by atoms with Gasteiger partial charge in [-0.05, 0) is 0 Å². The monoisotopic (exact) mass is 184 g/mol. The molecule has 0 saturated heterocycles. The zero-order chi connectivity index (χ0) is 10.3. The van der Waals surface area contributed by atoms with Gasteiger partial charge in [0.1, 0.15) is 0 Å². The normalized spacial score (nSPS) is 8.54. The molecular formula is C7H16N6. The lowest BCUT2D eigenvalue weighted by Crippen LogP contribution is -2.06. The molecule has 0 saturated carbocycles. The first-order valence-electron chi connectivity index (χ1n) is 4.08. The summed E-state index contributed by atoms with van der Waals surface area (Å²) in [5, 5.41) is 2.69. The molecule has 6 heteroatoms. The van der Waals surface area contributed by atoms with Crippen LogP contribution >= 0.6 is 0 Å². The molecule has 1 heterocycles. The average molecular weight is 184 g/mol. The van der Waals surface area contributed by atoms with Gasteiger partial charge in [-0.1, -0.05) is 20.3 Å². The summed E-state index contributed by atoms with van der Waals surface area (Å²) in [6.45, 7) is 4.25. The summed E-state index contributed by atoms with van der Waals surface area (Å²) in [6, 6.07) is 0. The van der Waals surface area contributed by atoms with E-state index in [0.29, 0.717) is 5.95 Å². The molecule has 0 aliphatic rings. The number of nitrogen functional groups attached to an aromatic ring is 2. The maximum absolute atomic E-state index is 5.25. The minimum Gasteiger partial charge on any atom is -0.368 e. The van der Waals surface area contributed by atoms with Gasteiger partial charge in [0, 0.05) is 7.05 Å². The highest BCUT2D eigenvalue weighted by atomic mass is 15.2. The second kappa shape index (κ2) is 5.99. The van der Waals surface area contributed by atoms with Crippen LogP contribution in [0.3, 0.4) is 0 Å². The second-order valence-electron chi connectivity index (χ2n) is 2.33. The maximum Gasteiger partial charge on any atom is 0.229 e. The molecule has 1 aromatic rings. The predicted molar refractivity (Wildman–Crippen MR) is 54.2 cm³/mol. The van der Waals surface area contributed by atoms with E-state index in [1.807, 2.05) is 0 Å². The number of nitrogens with one attached hydrogen (secondary N) is 1. The Hall–Kier alpha value is -1.59. The Labute approximate surface area is 77.8 Å². The van der Waals surface area contributed by atoms with Crippen molar-refractivity contribution in [1.82, 2.24) is 15.0 Å². The molecule has 0 unspecified atom stereocenters. The van der Waals surface area contributed by atoms with Crippen molar-refractivity contribution in [2.24, 2.45) is 0 Å². The highest BCUT2D eigenvalue weighted by Crippen LogP contribution is 2.00. The van der Waals surface area contributed by atoms with E-state index in [2.05, 4.69) is 34.1 Å². The average Bonchev–Trinajstić information content (AvgIpc) is 2.04. The summed E-state index contributed by atoms with van der Waals surface area (Å²) in [7, 11) is 1.67. The molecule has 6 nitrogen and oxygen atoms in total. The molecule has 0 atom stereocenters. The Balaban J connectivity index is 0.000000424. The van der Waals surface area contributed by atoms with Crippen LogP contribution < -0.4 is 16.8 Å². The van der Waals surface area contributed by atoms with Crippen LogP contribution in [0.25, 0.3) is 0 Å². The van der Waals surface area contributed by atoms with E-state index in [4.69, 9.17) is 11.5 Å². The summed E-state index contributed by atoms with van der Waals surface area (Å²) in [5.41, 5.74) is 10.5. The smallest absolute Gasteiger partial charge is 0.229 e. The fourth-order valence-electron chi connectivity index (χ4n) is 0.521. The largest absolute Gasteiger partial charge is 0.368 e. The van der Waals surface area contributed by atoms with Crippen LogP contribution in [0.1, 0.15) is 20.3 Å². The molecule has 0 bridgehead atoms. The van der Waals surface area contributed by atoms with Gasteiger partial charge >= 0.3 is 0 Å². The van der Waals surface area contributed by atoms with E-state index in [1.165, 1.54) is 6.42 Å². The zero-order valence-electron chi connectivity index (χ0n) is 8.20. The predicted octanol–water partition coefficient (Wildman–Crippen LogP) is 0.494. The second-order valence-corrected chi connectivity index (χ2v) is 2.33. The molecular weight excluding hydrogens is 168 g/mol. The lowest BCUT2D eigenvalue weighted by molar-refractivity contribution is 1.07. The summed E-state index contributed by atoms with van der Waals surface area (Å²) < 4.78 is 0. The minimum absolute atomic E-state index is 0.122. The minimum atomic E-state index is 0.122. The summed E-state index contributed by atoms with van der Waals surface area (Å²) in [5.74, 6) is 0.624. The third kappa shape index (κ3) is 4.78. The SMILES string of the molecule is CCC.CNc1nc(N)nc(N)n1. The van der Waals surface area contributed by atoms with Gasteiger partial charge in [-0.25, -0.2) is 0 Å². The third-order valence-electron chi connectivity index (χ3n) is 0.894. The van der Waals surface area contributed by atoms with E-state index in [1.54, 1.807) is 7.05 Å². The molecule has 1 aromatic heterocycles. The number of nitrogens with two attached hydrogens (primary N) is 2. The van der Waals surface area contributed by atoms with E-state index >= 15 is 0 Å². The quantitative estimate of drug-likeness (QED) is 0.587. The van der Waals surface area contributed by atoms with E-state index in [-0.39, 0.29) is 11.9 Å². The maximum atomic E-state index is 5.25. The van der Waals surface area contributed by atoms with Crippen molar-refractivity contribution in [2.45, 2.75) is 20.3 Å². The van der Waals surface area contributed by atoms with Gasteiger partial charge in [-0.15, -0.1) is 0 Å². The Bertz CT molecular complexity index is 228. The number of anilines is 3. The van der Waals surface area contributed by atoms with E-state index < -0.39 is 0 Å². The Morgan fingerprint density at radius 1 is 1.08 bits per heavy atom. The van der Waals surface area contributed by atoms with Crippen LogP contribution in [0.2, 0.25) is 0 Å². The van der Waals surface area contributed by atoms with Crippen molar-refractivity contribution < 1.29 is 0 Å². The molecule has 0 aliphatic heterocycles. The number of nitrogens with zero attached hydrogens (tertiary/aromatic N) is 3. The lowest BCUT2D eigenvalue weighted by Gasteiger charge is -1.98. The van der Waals surface area contributed by atoms with Crippen molar-refractivity contribution in [1.29, 1.82) is 0 Å². The van der Waals surface area contributed by atoms with Crippen molar-refractivity contribution in [3.05, 3.63) is 0 Å². The molecule has 0 aliphatic carbocycles. The summed E-state index contributed by atoms with van der Waals surface area (Å²) in [6.07, 6.45) is 1.25. The lowest BCUT2D eigenvalue weighted by atomic mass is 10.6. The summed E-state index contributed by atoms with van der Waals surface area (Å²) >= 11 is 0. The number of rotatable bonds is 1. The number of hydrogen-bond donors (Lipinski definition) is 3. The van der Waals surface area contributed by atoms with Crippen LogP contribution in [0, 0.1) is 0 Å². The number of hydrogen-bond acceptors (Lipinski definition) is 6. The van der Waals surface area contributed by atoms with Crippen LogP contribution in [-0.2, 0) is 0 Å². The van der Waals surface area contributed by atoms with E-state index in [0.717, 1.165) is 0 Å². The van der Waals surface area contributed by atoms with Gasteiger partial charge < -0.3 is 16.8 Å². The van der Waals surface area contributed by atoms with Gasteiger partial charge in [-0.2, -0.15) is 15.0 Å². The molecule has 0 amide bonds. The van der Waals surface area contributed by atoms with Crippen molar-refractivity contribution in [2.75, 3.05) is 23.8 Å². The molecule has 74 valence electrons. The highest BCUT2D eigenvalue weighted by Gasteiger charge is 1.96.